The predicted molar refractivity (Wildman–Crippen MR) is 107 cm³/mol. The van der Waals surface area contributed by atoms with Crippen LogP contribution in [0.1, 0.15) is 18.6 Å². The van der Waals surface area contributed by atoms with Gasteiger partial charge in [0.1, 0.15) is 17.4 Å². The lowest BCUT2D eigenvalue weighted by Crippen LogP contribution is -2.32. The average Bonchev–Trinajstić information content (AvgIpc) is 2.75. The number of anilines is 1. The van der Waals surface area contributed by atoms with E-state index in [0.717, 1.165) is 0 Å². The van der Waals surface area contributed by atoms with E-state index in [1.54, 1.807) is 30.3 Å². The van der Waals surface area contributed by atoms with E-state index in [9.17, 15) is 18.4 Å². The van der Waals surface area contributed by atoms with Crippen molar-refractivity contribution in [1.82, 2.24) is 0 Å². The molecule has 0 saturated carbocycles. The first kappa shape index (κ1) is 21.0. The third-order valence-electron chi connectivity index (χ3n) is 4.14. The fourth-order valence-electron chi connectivity index (χ4n) is 2.62. The first-order chi connectivity index (χ1) is 14.4. The van der Waals surface area contributed by atoms with Gasteiger partial charge in [-0.15, -0.1) is 0 Å². The number of rotatable bonds is 7. The van der Waals surface area contributed by atoms with Gasteiger partial charge < -0.3 is 14.8 Å². The Morgan fingerprint density at radius 2 is 1.40 bits per heavy atom. The van der Waals surface area contributed by atoms with E-state index in [-0.39, 0.29) is 5.75 Å². The Morgan fingerprint density at radius 3 is 2.00 bits per heavy atom. The second-order valence-corrected chi connectivity index (χ2v) is 6.44. The topological polar surface area (TPSA) is 64.6 Å². The van der Waals surface area contributed by atoms with Gasteiger partial charge in [0.25, 0.3) is 5.91 Å². The van der Waals surface area contributed by atoms with Crippen molar-refractivity contribution in [3.05, 3.63) is 96.1 Å². The lowest BCUT2D eigenvalue weighted by Gasteiger charge is -2.21. The number of benzene rings is 3. The standard InChI is InChI=1S/C23H19F2NO4/c1-15(29-20-13-9-18(25)10-14-20)23(28)30-21(16-5-3-2-4-6-16)22(27)26-19-11-7-17(24)8-12-19/h2-15,21H,1H3,(H,26,27)/t15-,21+/m0/s1. The van der Waals surface area contributed by atoms with Crippen LogP contribution < -0.4 is 10.1 Å². The van der Waals surface area contributed by atoms with Gasteiger partial charge in [0.15, 0.2) is 6.10 Å². The van der Waals surface area contributed by atoms with Crippen LogP contribution in [0.4, 0.5) is 14.5 Å². The molecule has 5 nitrogen and oxygen atoms in total. The molecule has 1 N–H and O–H groups in total. The van der Waals surface area contributed by atoms with E-state index in [4.69, 9.17) is 9.47 Å². The van der Waals surface area contributed by atoms with Crippen LogP contribution in [0.3, 0.4) is 0 Å². The predicted octanol–water partition coefficient (Wildman–Crippen LogP) is 4.66. The fourth-order valence-corrected chi connectivity index (χ4v) is 2.62. The molecule has 3 aromatic carbocycles. The largest absolute Gasteiger partial charge is 0.479 e. The van der Waals surface area contributed by atoms with Crippen molar-refractivity contribution in [1.29, 1.82) is 0 Å². The van der Waals surface area contributed by atoms with Crippen LogP contribution >= 0.6 is 0 Å². The van der Waals surface area contributed by atoms with Crippen LogP contribution in [0, 0.1) is 11.6 Å². The minimum atomic E-state index is -1.25. The number of carbonyl (C=O) groups excluding carboxylic acids is 2. The number of nitrogens with one attached hydrogen (secondary N) is 1. The molecule has 154 valence electrons. The molecule has 3 aromatic rings. The van der Waals surface area contributed by atoms with Gasteiger partial charge in [-0.1, -0.05) is 30.3 Å². The van der Waals surface area contributed by atoms with Gasteiger partial charge in [-0.25, -0.2) is 13.6 Å². The second-order valence-electron chi connectivity index (χ2n) is 6.44. The molecule has 0 fully saturated rings. The number of halogens is 2. The summed E-state index contributed by atoms with van der Waals surface area (Å²) in [5.41, 5.74) is 0.813. The molecule has 0 aliphatic rings. The van der Waals surface area contributed by atoms with Crippen molar-refractivity contribution in [3.8, 4) is 5.75 Å². The van der Waals surface area contributed by atoms with Gasteiger partial charge in [0, 0.05) is 11.3 Å². The highest BCUT2D eigenvalue weighted by Crippen LogP contribution is 2.22. The highest BCUT2D eigenvalue weighted by molar-refractivity contribution is 5.96. The molecule has 0 aromatic heterocycles. The molecule has 0 bridgehead atoms. The molecule has 7 heteroatoms. The number of esters is 1. The van der Waals surface area contributed by atoms with Gasteiger partial charge in [0.05, 0.1) is 0 Å². The van der Waals surface area contributed by atoms with E-state index < -0.39 is 35.7 Å². The summed E-state index contributed by atoms with van der Waals surface area (Å²) in [5.74, 6) is -1.96. The Balaban J connectivity index is 1.73. The van der Waals surface area contributed by atoms with Crippen molar-refractivity contribution in [2.75, 3.05) is 5.32 Å². The molecule has 0 unspecified atom stereocenters. The molecular weight excluding hydrogens is 392 g/mol. The van der Waals surface area contributed by atoms with Gasteiger partial charge in [0.2, 0.25) is 6.10 Å². The van der Waals surface area contributed by atoms with Crippen LogP contribution in [0.5, 0.6) is 5.75 Å². The maximum atomic E-state index is 13.1. The fraction of sp³-hybridized carbons (Fsp3) is 0.130. The summed E-state index contributed by atoms with van der Waals surface area (Å²) in [6.07, 6.45) is -2.29. The molecule has 3 rings (SSSR count). The Hall–Kier alpha value is -3.74. The first-order valence-corrected chi connectivity index (χ1v) is 9.16. The summed E-state index contributed by atoms with van der Waals surface area (Å²) in [4.78, 5) is 25.3. The van der Waals surface area contributed by atoms with Gasteiger partial charge >= 0.3 is 5.97 Å². The summed E-state index contributed by atoms with van der Waals surface area (Å²) in [7, 11) is 0. The van der Waals surface area contributed by atoms with Crippen LogP contribution in [0.2, 0.25) is 0 Å². The number of hydrogen-bond donors (Lipinski definition) is 1. The Labute approximate surface area is 172 Å². The normalized spacial score (nSPS) is 12.5. The average molecular weight is 411 g/mol. The smallest absolute Gasteiger partial charge is 0.348 e. The van der Waals surface area contributed by atoms with Crippen molar-refractivity contribution in [3.63, 3.8) is 0 Å². The van der Waals surface area contributed by atoms with E-state index in [2.05, 4.69) is 5.32 Å². The molecule has 2 atom stereocenters. The van der Waals surface area contributed by atoms with Crippen LogP contribution in [0.15, 0.2) is 78.9 Å². The minimum absolute atomic E-state index is 0.285. The van der Waals surface area contributed by atoms with Crippen molar-refractivity contribution >= 4 is 17.6 Å². The Bertz CT molecular complexity index is 992. The van der Waals surface area contributed by atoms with E-state index in [1.807, 2.05) is 0 Å². The van der Waals surface area contributed by atoms with Crippen molar-refractivity contribution < 1.29 is 27.8 Å². The van der Waals surface area contributed by atoms with E-state index in [1.165, 1.54) is 55.5 Å². The van der Waals surface area contributed by atoms with Gasteiger partial charge in [-0.2, -0.15) is 0 Å². The summed E-state index contributed by atoms with van der Waals surface area (Å²) in [6, 6.07) is 18.9. The third kappa shape index (κ3) is 5.64. The molecule has 0 radical (unpaired) electrons. The highest BCUT2D eigenvalue weighted by atomic mass is 19.1. The lowest BCUT2D eigenvalue weighted by molar-refractivity contribution is -0.161. The minimum Gasteiger partial charge on any atom is -0.479 e. The maximum Gasteiger partial charge on any atom is 0.348 e. The monoisotopic (exact) mass is 411 g/mol. The molecular formula is C23H19F2NO4. The van der Waals surface area contributed by atoms with Crippen LogP contribution in [0.25, 0.3) is 0 Å². The molecule has 0 heterocycles. The van der Waals surface area contributed by atoms with Crippen molar-refractivity contribution in [2.45, 2.75) is 19.1 Å². The Morgan fingerprint density at radius 1 is 0.833 bits per heavy atom. The zero-order valence-corrected chi connectivity index (χ0v) is 16.0. The molecule has 0 aliphatic carbocycles. The SMILES string of the molecule is C[C@H](Oc1ccc(F)cc1)C(=O)O[C@@H](C(=O)Nc1ccc(F)cc1)c1ccccc1. The molecule has 0 aliphatic heterocycles. The lowest BCUT2D eigenvalue weighted by atomic mass is 10.1. The highest BCUT2D eigenvalue weighted by Gasteiger charge is 2.28. The zero-order chi connectivity index (χ0) is 21.5. The number of hydrogen-bond acceptors (Lipinski definition) is 4. The van der Waals surface area contributed by atoms with Crippen molar-refractivity contribution in [2.24, 2.45) is 0 Å². The summed E-state index contributed by atoms with van der Waals surface area (Å²) >= 11 is 0. The Kier molecular flexibility index (Phi) is 6.75. The summed E-state index contributed by atoms with van der Waals surface area (Å²) in [6.45, 7) is 1.46. The molecule has 0 spiro atoms. The van der Waals surface area contributed by atoms with Gasteiger partial charge in [-0.3, -0.25) is 4.79 Å². The maximum absolute atomic E-state index is 13.1. The number of carbonyl (C=O) groups is 2. The van der Waals surface area contributed by atoms with Crippen LogP contribution in [-0.2, 0) is 14.3 Å². The summed E-state index contributed by atoms with van der Waals surface area (Å²) in [5, 5.41) is 2.60. The second kappa shape index (κ2) is 9.65. The van der Waals surface area contributed by atoms with Gasteiger partial charge in [-0.05, 0) is 55.5 Å². The number of amides is 1. The zero-order valence-electron chi connectivity index (χ0n) is 16.0. The molecule has 0 saturated heterocycles. The quantitative estimate of drug-likeness (QED) is 0.575. The number of ether oxygens (including phenoxy) is 2. The molecule has 30 heavy (non-hydrogen) atoms. The molecule has 1 amide bonds. The summed E-state index contributed by atoms with van der Waals surface area (Å²) < 4.78 is 37.0. The van der Waals surface area contributed by atoms with Crippen LogP contribution in [-0.4, -0.2) is 18.0 Å². The van der Waals surface area contributed by atoms with E-state index >= 15 is 0 Å². The first-order valence-electron chi connectivity index (χ1n) is 9.16. The van der Waals surface area contributed by atoms with E-state index in [0.29, 0.717) is 11.3 Å². The third-order valence-corrected chi connectivity index (χ3v) is 4.14.